The molecule has 0 amide bonds. The third-order valence-electron chi connectivity index (χ3n) is 3.26. The lowest BCUT2D eigenvalue weighted by Gasteiger charge is -2.00. The van der Waals surface area contributed by atoms with Crippen molar-refractivity contribution >= 4 is 34.2 Å². The number of rotatable bonds is 15. The maximum Gasteiger partial charge on any atom is 0.00369 e. The van der Waals surface area contributed by atoms with Crippen molar-refractivity contribution in [1.82, 2.24) is 0 Å². The number of hydrogen-bond acceptors (Lipinski definition) is 3. The minimum Gasteiger partial charge on any atom is -0.179 e. The highest BCUT2D eigenvalue weighted by atomic mass is 33.1. The van der Waals surface area contributed by atoms with E-state index in [0.29, 0.717) is 0 Å². The Bertz CT molecular complexity index is 136. The Morgan fingerprint density at radius 3 is 1.12 bits per heavy atom. The summed E-state index contributed by atoms with van der Waals surface area (Å²) in [5, 5.41) is 0. The van der Waals surface area contributed by atoms with Crippen molar-refractivity contribution in [3.05, 3.63) is 0 Å². The Labute approximate surface area is 171 Å². The van der Waals surface area contributed by atoms with Gasteiger partial charge >= 0.3 is 0 Å². The van der Waals surface area contributed by atoms with Gasteiger partial charge in [-0.1, -0.05) is 122 Å². The summed E-state index contributed by atoms with van der Waals surface area (Å²) >= 11 is 4.09. The van der Waals surface area contributed by atoms with E-state index in [1.165, 1.54) is 88.6 Å². The standard InChI is InChI=1S/C12H26S2.C6H14S.3CH4/c1-3-5-7-9-11-13-14-12-10-8-6-4-2;1-2-3-4-5-6-7;;;/h3-12H2,1-2H3;7H,2-6H2,1H3;3*1H4. The van der Waals surface area contributed by atoms with Crippen LogP contribution in [0, 0.1) is 0 Å². The van der Waals surface area contributed by atoms with Gasteiger partial charge in [0.1, 0.15) is 0 Å². The van der Waals surface area contributed by atoms with E-state index in [-0.39, 0.29) is 22.3 Å². The largest absolute Gasteiger partial charge is 0.179 e. The first-order chi connectivity index (χ1) is 10.3. The quantitative estimate of drug-likeness (QED) is 0.165. The summed E-state index contributed by atoms with van der Waals surface area (Å²) in [6, 6.07) is 0. The maximum absolute atomic E-state index is 4.09. The summed E-state index contributed by atoms with van der Waals surface area (Å²) in [6.45, 7) is 6.77. The van der Waals surface area contributed by atoms with E-state index >= 15 is 0 Å². The minimum absolute atomic E-state index is 0. The molecule has 0 saturated carbocycles. The maximum atomic E-state index is 4.09. The molecule has 0 N–H and O–H groups in total. The molecule has 0 aromatic heterocycles. The molecule has 0 spiro atoms. The lowest BCUT2D eigenvalue weighted by molar-refractivity contribution is 0.706. The molecule has 154 valence electrons. The molecule has 0 radical (unpaired) electrons. The van der Waals surface area contributed by atoms with Crippen LogP contribution in [-0.2, 0) is 0 Å². The molecule has 0 aliphatic rings. The number of unbranched alkanes of at least 4 members (excludes halogenated alkanes) is 9. The van der Waals surface area contributed by atoms with Crippen LogP contribution in [0.5, 0.6) is 0 Å². The molecule has 0 atom stereocenters. The highest BCUT2D eigenvalue weighted by molar-refractivity contribution is 8.76. The summed E-state index contributed by atoms with van der Waals surface area (Å²) in [4.78, 5) is 0. The molecule has 0 aliphatic heterocycles. The van der Waals surface area contributed by atoms with Crippen LogP contribution in [-0.4, -0.2) is 17.3 Å². The lowest BCUT2D eigenvalue weighted by atomic mass is 10.2. The van der Waals surface area contributed by atoms with Gasteiger partial charge in [0.15, 0.2) is 0 Å². The van der Waals surface area contributed by atoms with Crippen molar-refractivity contribution in [3.63, 3.8) is 0 Å². The van der Waals surface area contributed by atoms with Gasteiger partial charge in [-0.2, -0.15) is 12.6 Å². The second kappa shape index (κ2) is 39.2. The van der Waals surface area contributed by atoms with Crippen molar-refractivity contribution in [3.8, 4) is 0 Å². The fourth-order valence-electron chi connectivity index (χ4n) is 1.83. The predicted octanol–water partition coefficient (Wildman–Crippen LogP) is 9.93. The average Bonchev–Trinajstić information content (AvgIpc) is 2.50. The Hall–Kier alpha value is 1.05. The Morgan fingerprint density at radius 2 is 0.833 bits per heavy atom. The molecule has 0 unspecified atom stereocenters. The summed E-state index contributed by atoms with van der Waals surface area (Å²) in [6.07, 6.45) is 16.6. The third kappa shape index (κ3) is 43.5. The first-order valence-electron chi connectivity index (χ1n) is 9.18. The first kappa shape index (κ1) is 36.0. The number of thiol groups is 1. The van der Waals surface area contributed by atoms with Gasteiger partial charge in [-0.15, -0.1) is 0 Å². The van der Waals surface area contributed by atoms with Gasteiger partial charge in [-0.3, -0.25) is 0 Å². The van der Waals surface area contributed by atoms with E-state index in [2.05, 4.69) is 55.0 Å². The van der Waals surface area contributed by atoms with Crippen molar-refractivity contribution < 1.29 is 0 Å². The smallest absolute Gasteiger partial charge is 0.00369 e. The van der Waals surface area contributed by atoms with Gasteiger partial charge < -0.3 is 0 Å². The zero-order valence-electron chi connectivity index (χ0n) is 14.9. The van der Waals surface area contributed by atoms with E-state index < -0.39 is 0 Å². The average molecular weight is 401 g/mol. The van der Waals surface area contributed by atoms with E-state index in [1.54, 1.807) is 0 Å². The van der Waals surface area contributed by atoms with Crippen molar-refractivity contribution in [2.24, 2.45) is 0 Å². The summed E-state index contributed by atoms with van der Waals surface area (Å²) in [5.74, 6) is 3.77. The van der Waals surface area contributed by atoms with Crippen LogP contribution in [0.25, 0.3) is 0 Å². The van der Waals surface area contributed by atoms with Crippen LogP contribution in [0.15, 0.2) is 0 Å². The van der Waals surface area contributed by atoms with Crippen LogP contribution in [0.1, 0.15) is 120 Å². The van der Waals surface area contributed by atoms with E-state index in [0.717, 1.165) is 5.75 Å². The van der Waals surface area contributed by atoms with Crippen molar-refractivity contribution in [2.75, 3.05) is 17.3 Å². The van der Waals surface area contributed by atoms with Gasteiger partial charge in [0.2, 0.25) is 0 Å². The monoisotopic (exact) mass is 400 g/mol. The molecule has 0 heterocycles. The fourth-order valence-corrected chi connectivity index (χ4v) is 4.35. The molecule has 3 heteroatoms. The molecule has 0 saturated heterocycles. The third-order valence-corrected chi connectivity index (χ3v) is 6.15. The zero-order valence-corrected chi connectivity index (χ0v) is 17.4. The van der Waals surface area contributed by atoms with Crippen LogP contribution < -0.4 is 0 Å². The van der Waals surface area contributed by atoms with Gasteiger partial charge in [0, 0.05) is 11.5 Å². The second-order valence-electron chi connectivity index (χ2n) is 5.55. The van der Waals surface area contributed by atoms with Crippen LogP contribution in [0.4, 0.5) is 0 Å². The van der Waals surface area contributed by atoms with E-state index in [4.69, 9.17) is 0 Å². The van der Waals surface area contributed by atoms with Crippen molar-refractivity contribution in [2.45, 2.75) is 120 Å². The predicted molar refractivity (Wildman–Crippen MR) is 131 cm³/mol. The zero-order chi connectivity index (χ0) is 16.0. The lowest BCUT2D eigenvalue weighted by Crippen LogP contribution is -1.81. The second-order valence-corrected chi connectivity index (χ2v) is 8.70. The highest BCUT2D eigenvalue weighted by Crippen LogP contribution is 2.24. The molecule has 24 heavy (non-hydrogen) atoms. The topological polar surface area (TPSA) is 0 Å². The molecule has 0 bridgehead atoms. The highest BCUT2D eigenvalue weighted by Gasteiger charge is 1.92. The van der Waals surface area contributed by atoms with Crippen molar-refractivity contribution in [1.29, 1.82) is 0 Å². The molecule has 0 fully saturated rings. The van der Waals surface area contributed by atoms with E-state index in [1.807, 2.05) is 0 Å². The van der Waals surface area contributed by atoms with Crippen LogP contribution >= 0.6 is 34.2 Å². The molecule has 0 nitrogen and oxygen atoms in total. The molecule has 0 aromatic carbocycles. The van der Waals surface area contributed by atoms with E-state index in [9.17, 15) is 0 Å². The number of hydrogen-bond donors (Lipinski definition) is 1. The fraction of sp³-hybridized carbons (Fsp3) is 1.00. The van der Waals surface area contributed by atoms with Crippen LogP contribution in [0.3, 0.4) is 0 Å². The van der Waals surface area contributed by atoms with Gasteiger partial charge in [-0.25, -0.2) is 0 Å². The molecule has 0 aliphatic carbocycles. The minimum atomic E-state index is 0. The normalized spacial score (nSPS) is 9.00. The summed E-state index contributed by atoms with van der Waals surface area (Å²) in [5.41, 5.74) is 0. The molecule has 0 aromatic rings. The van der Waals surface area contributed by atoms with Gasteiger partial charge in [0.25, 0.3) is 0 Å². The Morgan fingerprint density at radius 1 is 0.500 bits per heavy atom. The Balaban J connectivity index is -0.000000105. The van der Waals surface area contributed by atoms with Crippen LogP contribution in [0.2, 0.25) is 0 Å². The molecular formula is C21H52S3. The summed E-state index contributed by atoms with van der Waals surface area (Å²) < 4.78 is 0. The van der Waals surface area contributed by atoms with Gasteiger partial charge in [0.05, 0.1) is 0 Å². The molecular weight excluding hydrogens is 348 g/mol. The first-order valence-corrected chi connectivity index (χ1v) is 12.3. The Kier molecular flexibility index (Phi) is 58.9. The molecule has 0 rings (SSSR count). The van der Waals surface area contributed by atoms with Gasteiger partial charge in [-0.05, 0) is 25.0 Å². The summed E-state index contributed by atoms with van der Waals surface area (Å²) in [7, 11) is 4.16. The SMILES string of the molecule is C.C.C.CCCCCCS.CCCCCCSSCCCCCC.